The molecule has 2 N–H and O–H groups in total. The Morgan fingerprint density at radius 3 is 2.55 bits per heavy atom. The van der Waals surface area contributed by atoms with Crippen LogP contribution in [0.1, 0.15) is 32.1 Å². The zero-order chi connectivity index (χ0) is 15.2. The van der Waals surface area contributed by atoms with Crippen molar-refractivity contribution in [2.24, 2.45) is 0 Å². The molecule has 0 spiro atoms. The van der Waals surface area contributed by atoms with Crippen LogP contribution in [-0.2, 0) is 9.59 Å². The van der Waals surface area contributed by atoms with Crippen molar-refractivity contribution in [2.75, 3.05) is 19.7 Å². The van der Waals surface area contributed by atoms with Crippen LogP contribution in [0.15, 0.2) is 0 Å². The first kappa shape index (κ1) is 16.7. The number of alkyl halides is 3. The average molecular weight is 296 g/mol. The topological polar surface area (TPSA) is 69.6 Å². The van der Waals surface area contributed by atoms with Gasteiger partial charge in [-0.25, -0.2) is 0 Å². The Hall–Kier alpha value is -1.31. The fraction of sp³-hybridized carbons (Fsp3) is 0.833. The van der Waals surface area contributed by atoms with Gasteiger partial charge in [-0.3, -0.25) is 9.59 Å². The van der Waals surface area contributed by atoms with E-state index < -0.39 is 24.0 Å². The van der Waals surface area contributed by atoms with E-state index in [1.165, 1.54) is 0 Å². The molecular weight excluding hydrogens is 277 g/mol. The van der Waals surface area contributed by atoms with E-state index in [1.807, 2.05) is 0 Å². The quantitative estimate of drug-likeness (QED) is 0.713. The molecule has 1 unspecified atom stereocenters. The Balaban J connectivity index is 2.44. The van der Waals surface area contributed by atoms with Crippen LogP contribution in [0.5, 0.6) is 0 Å². The van der Waals surface area contributed by atoms with Crippen molar-refractivity contribution < 1.29 is 27.9 Å². The molecule has 0 aromatic carbocycles. The molecule has 116 valence electrons. The van der Waals surface area contributed by atoms with E-state index >= 15 is 0 Å². The van der Waals surface area contributed by atoms with Gasteiger partial charge in [-0.2, -0.15) is 13.2 Å². The second-order valence-electron chi connectivity index (χ2n) is 4.73. The van der Waals surface area contributed by atoms with E-state index in [2.05, 4.69) is 5.32 Å². The Kier molecular flexibility index (Phi) is 6.25. The predicted octanol–water partition coefficient (Wildman–Crippen LogP) is 0.818. The first-order valence-electron chi connectivity index (χ1n) is 6.64. The van der Waals surface area contributed by atoms with Crippen molar-refractivity contribution >= 4 is 11.8 Å². The molecule has 5 nitrogen and oxygen atoms in total. The maximum absolute atomic E-state index is 12.4. The lowest BCUT2D eigenvalue weighted by Crippen LogP contribution is -2.50. The summed E-state index contributed by atoms with van der Waals surface area (Å²) in [6, 6.07) is -1.03. The minimum Gasteiger partial charge on any atom is -0.396 e. The minimum atomic E-state index is -4.94. The van der Waals surface area contributed by atoms with Crippen molar-refractivity contribution in [1.29, 1.82) is 0 Å². The Labute approximate surface area is 115 Å². The van der Waals surface area contributed by atoms with E-state index in [4.69, 9.17) is 5.11 Å². The van der Waals surface area contributed by atoms with Gasteiger partial charge >= 0.3 is 12.1 Å². The number of amides is 2. The molecule has 0 aromatic heterocycles. The molecule has 0 bridgehead atoms. The Morgan fingerprint density at radius 1 is 1.25 bits per heavy atom. The fourth-order valence-electron chi connectivity index (χ4n) is 2.19. The number of unbranched alkanes of at least 4 members (excludes halogenated alkanes) is 2. The normalized spacial score (nSPS) is 19.2. The van der Waals surface area contributed by atoms with Gasteiger partial charge in [-0.15, -0.1) is 0 Å². The smallest absolute Gasteiger partial charge is 0.396 e. The van der Waals surface area contributed by atoms with Gasteiger partial charge in [0.25, 0.3) is 0 Å². The highest BCUT2D eigenvalue weighted by atomic mass is 19.4. The molecule has 1 rings (SSSR count). The molecule has 20 heavy (non-hydrogen) atoms. The summed E-state index contributed by atoms with van der Waals surface area (Å²) < 4.78 is 37.1. The third kappa shape index (κ3) is 4.66. The van der Waals surface area contributed by atoms with Crippen LogP contribution in [-0.4, -0.2) is 53.7 Å². The summed E-state index contributed by atoms with van der Waals surface area (Å²) in [5.41, 5.74) is 0. The number of carbonyl (C=O) groups is 2. The van der Waals surface area contributed by atoms with Gasteiger partial charge in [-0.05, 0) is 32.1 Å². The average Bonchev–Trinajstić information content (AvgIpc) is 2.85. The molecule has 1 atom stereocenters. The molecule has 1 aliphatic rings. The number of carbonyl (C=O) groups excluding carboxylic acids is 2. The molecule has 0 aromatic rings. The molecule has 0 radical (unpaired) electrons. The summed E-state index contributed by atoms with van der Waals surface area (Å²) in [7, 11) is 0. The van der Waals surface area contributed by atoms with Crippen LogP contribution in [0.4, 0.5) is 13.2 Å². The summed E-state index contributed by atoms with van der Waals surface area (Å²) in [5.74, 6) is -2.49. The molecule has 2 amide bonds. The van der Waals surface area contributed by atoms with Crippen LogP contribution >= 0.6 is 0 Å². The van der Waals surface area contributed by atoms with Gasteiger partial charge in [0, 0.05) is 19.7 Å². The molecular formula is C12H19F3N2O3. The number of aliphatic hydroxyl groups is 1. The number of aliphatic hydroxyl groups excluding tert-OH is 1. The summed E-state index contributed by atoms with van der Waals surface area (Å²) in [5, 5.41) is 11.1. The number of hydrogen-bond acceptors (Lipinski definition) is 3. The maximum atomic E-state index is 12.4. The van der Waals surface area contributed by atoms with E-state index in [0.717, 1.165) is 6.42 Å². The van der Waals surface area contributed by atoms with Gasteiger partial charge in [0.2, 0.25) is 5.91 Å². The van der Waals surface area contributed by atoms with Crippen LogP contribution in [0, 0.1) is 0 Å². The van der Waals surface area contributed by atoms with Gasteiger partial charge in [0.15, 0.2) is 0 Å². The van der Waals surface area contributed by atoms with Gasteiger partial charge in [0.05, 0.1) is 0 Å². The van der Waals surface area contributed by atoms with Gasteiger partial charge in [0.1, 0.15) is 6.04 Å². The summed E-state index contributed by atoms with van der Waals surface area (Å²) >= 11 is 0. The Morgan fingerprint density at radius 2 is 1.95 bits per heavy atom. The van der Waals surface area contributed by atoms with Crippen molar-refractivity contribution in [3.8, 4) is 0 Å². The Bertz CT molecular complexity index is 347. The highest BCUT2D eigenvalue weighted by molar-refractivity contribution is 5.90. The largest absolute Gasteiger partial charge is 0.471 e. The fourth-order valence-corrected chi connectivity index (χ4v) is 2.19. The summed E-state index contributed by atoms with van der Waals surface area (Å²) in [4.78, 5) is 23.6. The predicted molar refractivity (Wildman–Crippen MR) is 64.7 cm³/mol. The highest BCUT2D eigenvalue weighted by Crippen LogP contribution is 2.25. The van der Waals surface area contributed by atoms with Gasteiger partial charge < -0.3 is 15.3 Å². The molecule has 0 aliphatic carbocycles. The molecule has 0 saturated carbocycles. The monoisotopic (exact) mass is 296 g/mol. The van der Waals surface area contributed by atoms with Crippen LogP contribution in [0.3, 0.4) is 0 Å². The van der Waals surface area contributed by atoms with Gasteiger partial charge in [-0.1, -0.05) is 0 Å². The van der Waals surface area contributed by atoms with Crippen LogP contribution in [0.25, 0.3) is 0 Å². The standard InChI is InChI=1S/C12H19F3N2O3/c13-12(14,15)11(20)17-7-4-5-9(17)10(19)16-6-2-1-3-8-18/h9,18H,1-8H2,(H,16,19). The van der Waals surface area contributed by atoms with Crippen molar-refractivity contribution in [2.45, 2.75) is 44.3 Å². The lowest BCUT2D eigenvalue weighted by Gasteiger charge is -2.24. The van der Waals surface area contributed by atoms with Crippen molar-refractivity contribution in [1.82, 2.24) is 10.2 Å². The van der Waals surface area contributed by atoms with E-state index in [9.17, 15) is 22.8 Å². The second kappa shape index (κ2) is 7.47. The molecule has 1 saturated heterocycles. The minimum absolute atomic E-state index is 0.0407. The zero-order valence-corrected chi connectivity index (χ0v) is 11.1. The van der Waals surface area contributed by atoms with E-state index in [-0.39, 0.29) is 19.6 Å². The molecule has 1 fully saturated rings. The second-order valence-corrected chi connectivity index (χ2v) is 4.73. The number of nitrogens with zero attached hydrogens (tertiary/aromatic N) is 1. The first-order chi connectivity index (χ1) is 9.38. The number of rotatable bonds is 6. The summed E-state index contributed by atoms with van der Waals surface area (Å²) in [6.45, 7) is 0.370. The number of nitrogens with one attached hydrogen (secondary N) is 1. The third-order valence-corrected chi connectivity index (χ3v) is 3.19. The maximum Gasteiger partial charge on any atom is 0.471 e. The third-order valence-electron chi connectivity index (χ3n) is 3.19. The lowest BCUT2D eigenvalue weighted by atomic mass is 10.2. The summed E-state index contributed by atoms with van der Waals surface area (Å²) in [6.07, 6.45) is -2.30. The number of hydrogen-bond donors (Lipinski definition) is 2. The zero-order valence-electron chi connectivity index (χ0n) is 11.1. The number of halogens is 3. The first-order valence-corrected chi connectivity index (χ1v) is 6.64. The van der Waals surface area contributed by atoms with E-state index in [0.29, 0.717) is 30.7 Å². The lowest BCUT2D eigenvalue weighted by molar-refractivity contribution is -0.186. The molecule has 1 heterocycles. The van der Waals surface area contributed by atoms with Crippen molar-refractivity contribution in [3.05, 3.63) is 0 Å². The molecule has 8 heteroatoms. The highest BCUT2D eigenvalue weighted by Gasteiger charge is 2.47. The number of likely N-dealkylation sites (tertiary alicyclic amines) is 1. The molecule has 1 aliphatic heterocycles. The van der Waals surface area contributed by atoms with Crippen LogP contribution < -0.4 is 5.32 Å². The van der Waals surface area contributed by atoms with Crippen molar-refractivity contribution in [3.63, 3.8) is 0 Å². The van der Waals surface area contributed by atoms with Crippen LogP contribution in [0.2, 0.25) is 0 Å². The SMILES string of the molecule is O=C(NCCCCCO)C1CCCN1C(=O)C(F)(F)F. The van der Waals surface area contributed by atoms with E-state index in [1.54, 1.807) is 0 Å².